The van der Waals surface area contributed by atoms with Crippen molar-refractivity contribution in [2.24, 2.45) is 0 Å². The number of phenolic OH excluding ortho intramolecular Hbond substituents is 1. The van der Waals surface area contributed by atoms with Crippen molar-refractivity contribution < 1.29 is 33.1 Å². The van der Waals surface area contributed by atoms with Gasteiger partial charge in [0.25, 0.3) is 11.8 Å². The highest BCUT2D eigenvalue weighted by molar-refractivity contribution is 5.92. The van der Waals surface area contributed by atoms with Crippen LogP contribution < -0.4 is 0 Å². The first kappa shape index (κ1) is 19.6. The van der Waals surface area contributed by atoms with E-state index in [0.29, 0.717) is 42.7 Å². The average molecular weight is 412 g/mol. The SMILES string of the molecule is O=C(Cc1coc2cc(O)ccc12)OCC(=O)N1CCN(C(=O)c2ccco2)CC1. The van der Waals surface area contributed by atoms with Gasteiger partial charge in [0.05, 0.1) is 18.9 Å². The molecule has 2 amide bonds. The topological polar surface area (TPSA) is 113 Å². The highest BCUT2D eigenvalue weighted by Crippen LogP contribution is 2.25. The van der Waals surface area contributed by atoms with Crippen LogP contribution in [0.3, 0.4) is 0 Å². The Morgan fingerprint density at radius 3 is 2.53 bits per heavy atom. The lowest BCUT2D eigenvalue weighted by atomic mass is 10.1. The summed E-state index contributed by atoms with van der Waals surface area (Å²) in [6.07, 6.45) is 2.83. The van der Waals surface area contributed by atoms with Gasteiger partial charge in [-0.15, -0.1) is 0 Å². The quantitative estimate of drug-likeness (QED) is 0.636. The molecule has 1 aliphatic heterocycles. The van der Waals surface area contributed by atoms with E-state index in [1.807, 2.05) is 0 Å². The van der Waals surface area contributed by atoms with Crippen molar-refractivity contribution in [2.75, 3.05) is 32.8 Å². The molecule has 1 saturated heterocycles. The normalized spacial score (nSPS) is 14.1. The molecule has 2 aromatic heterocycles. The second-order valence-corrected chi connectivity index (χ2v) is 6.93. The van der Waals surface area contributed by atoms with Gasteiger partial charge in [0.1, 0.15) is 11.3 Å². The lowest BCUT2D eigenvalue weighted by Crippen LogP contribution is -2.51. The van der Waals surface area contributed by atoms with Gasteiger partial charge in [-0.25, -0.2) is 0 Å². The molecular formula is C21H20N2O7. The Balaban J connectivity index is 1.24. The van der Waals surface area contributed by atoms with Crippen LogP contribution in [0.15, 0.2) is 51.7 Å². The minimum absolute atomic E-state index is 0.0452. The molecule has 9 heteroatoms. The second-order valence-electron chi connectivity index (χ2n) is 6.93. The minimum Gasteiger partial charge on any atom is -0.508 e. The largest absolute Gasteiger partial charge is 0.508 e. The summed E-state index contributed by atoms with van der Waals surface area (Å²) in [6.45, 7) is 1.12. The number of rotatable bonds is 5. The number of hydrogen-bond acceptors (Lipinski definition) is 7. The fourth-order valence-electron chi connectivity index (χ4n) is 3.36. The number of amides is 2. The van der Waals surface area contributed by atoms with Crippen LogP contribution in [0.5, 0.6) is 5.75 Å². The van der Waals surface area contributed by atoms with Gasteiger partial charge in [0.15, 0.2) is 12.4 Å². The Hall–Kier alpha value is -3.75. The molecule has 0 bridgehead atoms. The first-order chi connectivity index (χ1) is 14.5. The van der Waals surface area contributed by atoms with Crippen LogP contribution >= 0.6 is 0 Å². The van der Waals surface area contributed by atoms with E-state index in [4.69, 9.17) is 13.6 Å². The summed E-state index contributed by atoms with van der Waals surface area (Å²) in [5, 5.41) is 10.2. The molecule has 156 valence electrons. The molecule has 1 fully saturated rings. The summed E-state index contributed by atoms with van der Waals surface area (Å²) in [5.41, 5.74) is 1.09. The Morgan fingerprint density at radius 2 is 1.80 bits per heavy atom. The van der Waals surface area contributed by atoms with E-state index in [2.05, 4.69) is 0 Å². The van der Waals surface area contributed by atoms with Gasteiger partial charge in [0, 0.05) is 43.2 Å². The number of esters is 1. The van der Waals surface area contributed by atoms with Crippen LogP contribution in [0, 0.1) is 0 Å². The molecule has 1 N–H and O–H groups in total. The molecule has 0 aliphatic carbocycles. The number of fused-ring (bicyclic) bond motifs is 1. The maximum Gasteiger partial charge on any atom is 0.310 e. The number of carbonyl (C=O) groups is 3. The fourth-order valence-corrected chi connectivity index (χ4v) is 3.36. The van der Waals surface area contributed by atoms with Crippen molar-refractivity contribution in [1.29, 1.82) is 0 Å². The lowest BCUT2D eigenvalue weighted by molar-refractivity contribution is -0.152. The van der Waals surface area contributed by atoms with Crippen LogP contribution in [0.25, 0.3) is 11.0 Å². The first-order valence-electron chi connectivity index (χ1n) is 9.46. The van der Waals surface area contributed by atoms with Gasteiger partial charge in [-0.05, 0) is 24.3 Å². The summed E-state index contributed by atoms with van der Waals surface area (Å²) in [4.78, 5) is 39.9. The zero-order valence-corrected chi connectivity index (χ0v) is 16.1. The van der Waals surface area contributed by atoms with Crippen molar-refractivity contribution in [3.8, 4) is 5.75 Å². The van der Waals surface area contributed by atoms with E-state index in [-0.39, 0.29) is 36.4 Å². The molecule has 0 atom stereocenters. The molecule has 4 rings (SSSR count). The number of furan rings is 2. The smallest absolute Gasteiger partial charge is 0.310 e. The molecule has 0 unspecified atom stereocenters. The van der Waals surface area contributed by atoms with Crippen LogP contribution in [-0.2, 0) is 20.7 Å². The molecule has 1 aromatic carbocycles. The molecule has 0 saturated carbocycles. The Bertz CT molecular complexity index is 1060. The van der Waals surface area contributed by atoms with Gasteiger partial charge >= 0.3 is 5.97 Å². The molecular weight excluding hydrogens is 392 g/mol. The summed E-state index contributed by atoms with van der Waals surface area (Å²) in [7, 11) is 0. The maximum atomic E-state index is 12.3. The third-order valence-electron chi connectivity index (χ3n) is 4.98. The van der Waals surface area contributed by atoms with Crippen molar-refractivity contribution in [1.82, 2.24) is 9.80 Å². The number of carbonyl (C=O) groups excluding carboxylic acids is 3. The summed E-state index contributed by atoms with van der Waals surface area (Å²) in [6, 6.07) is 7.88. The summed E-state index contributed by atoms with van der Waals surface area (Å²) < 4.78 is 15.6. The van der Waals surface area contributed by atoms with Crippen molar-refractivity contribution in [3.63, 3.8) is 0 Å². The third-order valence-corrected chi connectivity index (χ3v) is 4.98. The number of hydrogen-bond donors (Lipinski definition) is 1. The molecule has 30 heavy (non-hydrogen) atoms. The van der Waals surface area contributed by atoms with E-state index in [1.165, 1.54) is 24.7 Å². The third kappa shape index (κ3) is 4.14. The van der Waals surface area contributed by atoms with Gasteiger partial charge in [-0.3, -0.25) is 14.4 Å². The summed E-state index contributed by atoms with van der Waals surface area (Å²) >= 11 is 0. The van der Waals surface area contributed by atoms with E-state index in [1.54, 1.807) is 28.0 Å². The van der Waals surface area contributed by atoms with Crippen molar-refractivity contribution in [3.05, 3.63) is 54.2 Å². The van der Waals surface area contributed by atoms with Gasteiger partial charge in [-0.1, -0.05) is 0 Å². The predicted octanol–water partition coefficient (Wildman–Crippen LogP) is 1.80. The highest BCUT2D eigenvalue weighted by Gasteiger charge is 2.26. The van der Waals surface area contributed by atoms with Gasteiger partial charge < -0.3 is 28.5 Å². The lowest BCUT2D eigenvalue weighted by Gasteiger charge is -2.34. The van der Waals surface area contributed by atoms with Crippen molar-refractivity contribution >= 4 is 28.8 Å². The highest BCUT2D eigenvalue weighted by atomic mass is 16.5. The van der Waals surface area contributed by atoms with Gasteiger partial charge in [0.2, 0.25) is 0 Å². The maximum absolute atomic E-state index is 12.3. The molecule has 3 aromatic rings. The molecule has 1 aliphatic rings. The Kier molecular flexibility index (Phi) is 5.42. The number of phenols is 1. The number of benzene rings is 1. The fraction of sp³-hybridized carbons (Fsp3) is 0.286. The van der Waals surface area contributed by atoms with Crippen LogP contribution in [0.2, 0.25) is 0 Å². The number of aromatic hydroxyl groups is 1. The monoisotopic (exact) mass is 412 g/mol. The van der Waals surface area contributed by atoms with Crippen LogP contribution in [0.4, 0.5) is 0 Å². The molecule has 0 radical (unpaired) electrons. The van der Waals surface area contributed by atoms with E-state index in [9.17, 15) is 19.5 Å². The molecule has 0 spiro atoms. The number of nitrogens with zero attached hydrogens (tertiary/aromatic N) is 2. The average Bonchev–Trinajstić information content (AvgIpc) is 3.42. The van der Waals surface area contributed by atoms with Crippen LogP contribution in [0.1, 0.15) is 16.1 Å². The van der Waals surface area contributed by atoms with E-state index >= 15 is 0 Å². The zero-order chi connectivity index (χ0) is 21.1. The van der Waals surface area contributed by atoms with Crippen LogP contribution in [-0.4, -0.2) is 65.5 Å². The molecule has 9 nitrogen and oxygen atoms in total. The second kappa shape index (κ2) is 8.32. The van der Waals surface area contributed by atoms with E-state index < -0.39 is 5.97 Å². The summed E-state index contributed by atoms with van der Waals surface area (Å²) in [5.74, 6) is -0.728. The first-order valence-corrected chi connectivity index (χ1v) is 9.46. The number of ether oxygens (including phenoxy) is 1. The zero-order valence-electron chi connectivity index (χ0n) is 16.1. The number of piperazine rings is 1. The predicted molar refractivity (Wildman–Crippen MR) is 104 cm³/mol. The van der Waals surface area contributed by atoms with E-state index in [0.717, 1.165) is 0 Å². The van der Waals surface area contributed by atoms with Gasteiger partial charge in [-0.2, -0.15) is 0 Å². The Labute approximate surface area is 171 Å². The molecule has 3 heterocycles. The minimum atomic E-state index is -0.550. The standard InChI is InChI=1S/C21H20N2O7/c24-15-3-4-16-14(12-29-18(16)11-15)10-20(26)30-13-19(25)22-5-7-23(8-6-22)21(27)17-2-1-9-28-17/h1-4,9,11-12,24H,5-8,10,13H2. The van der Waals surface area contributed by atoms with Crippen molar-refractivity contribution in [2.45, 2.75) is 6.42 Å². The Morgan fingerprint density at radius 1 is 1.03 bits per heavy atom.